The molecule has 0 fully saturated rings. The van der Waals surface area contributed by atoms with Crippen molar-refractivity contribution in [3.63, 3.8) is 0 Å². The van der Waals surface area contributed by atoms with Gasteiger partial charge in [-0.1, -0.05) is 0 Å². The zero-order valence-electron chi connectivity index (χ0n) is 10.7. The molecule has 0 radical (unpaired) electrons. The minimum Gasteiger partial charge on any atom is -0.381 e. The van der Waals surface area contributed by atoms with Gasteiger partial charge in [-0.25, -0.2) is 13.8 Å². The van der Waals surface area contributed by atoms with Crippen LogP contribution in [0.5, 0.6) is 0 Å². The molecule has 2 aromatic rings. The number of halogens is 2. The molecule has 1 unspecified atom stereocenters. The molecule has 3 nitrogen and oxygen atoms in total. The minimum absolute atomic E-state index is 0.0142. The number of hydrogen-bond donors (Lipinski definition) is 2. The summed E-state index contributed by atoms with van der Waals surface area (Å²) in [5.74, 6) is -1.90. The molecule has 0 spiro atoms. The zero-order chi connectivity index (χ0) is 14.0. The number of nitrogens with one attached hydrogen (secondary N) is 1. The van der Waals surface area contributed by atoms with E-state index in [4.69, 9.17) is 5.73 Å². The third-order valence-electron chi connectivity index (χ3n) is 2.64. The molecule has 0 saturated carbocycles. The van der Waals surface area contributed by atoms with Crippen LogP contribution >= 0.6 is 11.3 Å². The first-order valence-electron chi connectivity index (χ1n) is 5.89. The van der Waals surface area contributed by atoms with Crippen LogP contribution in [0.25, 0.3) is 0 Å². The summed E-state index contributed by atoms with van der Waals surface area (Å²) in [5, 5.41) is 2.91. The quantitative estimate of drug-likeness (QED) is 0.904. The van der Waals surface area contributed by atoms with Crippen LogP contribution in [0.15, 0.2) is 18.2 Å². The minimum atomic E-state index is -0.843. The molecule has 2 heterocycles. The molecule has 1 atom stereocenters. The van der Waals surface area contributed by atoms with Gasteiger partial charge < -0.3 is 11.1 Å². The maximum Gasteiger partial charge on any atom is 0.168 e. The van der Waals surface area contributed by atoms with Crippen molar-refractivity contribution in [3.05, 3.63) is 39.6 Å². The lowest BCUT2D eigenvalue weighted by atomic mass is 10.2. The molecular weight excluding hydrogens is 268 g/mol. The number of nitrogens with two attached hydrogens (primary N) is 1. The molecule has 19 heavy (non-hydrogen) atoms. The number of nitrogen functional groups attached to an aromatic ring is 1. The summed E-state index contributed by atoms with van der Waals surface area (Å²) in [6.45, 7) is 3.95. The summed E-state index contributed by atoms with van der Waals surface area (Å²) in [6.07, 6.45) is 0.747. The van der Waals surface area contributed by atoms with Crippen molar-refractivity contribution in [1.29, 1.82) is 0 Å². The first-order valence-corrected chi connectivity index (χ1v) is 6.70. The van der Waals surface area contributed by atoms with Crippen molar-refractivity contribution >= 4 is 23.0 Å². The second-order valence-corrected chi connectivity index (χ2v) is 5.82. The largest absolute Gasteiger partial charge is 0.381 e. The van der Waals surface area contributed by atoms with Gasteiger partial charge in [0.25, 0.3) is 0 Å². The van der Waals surface area contributed by atoms with E-state index in [1.807, 2.05) is 26.0 Å². The van der Waals surface area contributed by atoms with Crippen LogP contribution in [-0.2, 0) is 6.42 Å². The van der Waals surface area contributed by atoms with Gasteiger partial charge in [-0.3, -0.25) is 0 Å². The van der Waals surface area contributed by atoms with Crippen LogP contribution in [0, 0.1) is 18.6 Å². The van der Waals surface area contributed by atoms with Gasteiger partial charge in [0.2, 0.25) is 0 Å². The highest BCUT2D eigenvalue weighted by Gasteiger charge is 2.12. The average molecular weight is 283 g/mol. The van der Waals surface area contributed by atoms with E-state index in [0.717, 1.165) is 12.5 Å². The highest BCUT2D eigenvalue weighted by molar-refractivity contribution is 7.11. The molecule has 6 heteroatoms. The van der Waals surface area contributed by atoms with Crippen LogP contribution in [0.4, 0.5) is 20.4 Å². The van der Waals surface area contributed by atoms with Crippen molar-refractivity contribution in [3.8, 4) is 0 Å². The van der Waals surface area contributed by atoms with Gasteiger partial charge in [-0.15, -0.1) is 11.3 Å². The Morgan fingerprint density at radius 1 is 1.37 bits per heavy atom. The summed E-state index contributed by atoms with van der Waals surface area (Å²) in [5.41, 5.74) is 5.33. The Morgan fingerprint density at radius 3 is 2.74 bits per heavy atom. The van der Waals surface area contributed by atoms with E-state index < -0.39 is 11.6 Å². The van der Waals surface area contributed by atoms with Gasteiger partial charge in [0.05, 0.1) is 0 Å². The van der Waals surface area contributed by atoms with Crippen LogP contribution in [0.2, 0.25) is 0 Å². The number of nitrogens with zero attached hydrogens (tertiary/aromatic N) is 1. The summed E-state index contributed by atoms with van der Waals surface area (Å²) >= 11 is 1.70. The van der Waals surface area contributed by atoms with Crippen LogP contribution in [-0.4, -0.2) is 11.0 Å². The van der Waals surface area contributed by atoms with Crippen molar-refractivity contribution in [2.75, 3.05) is 11.1 Å². The van der Waals surface area contributed by atoms with Crippen LogP contribution in [0.3, 0.4) is 0 Å². The number of aryl methyl sites for hydroxylation is 1. The van der Waals surface area contributed by atoms with Crippen molar-refractivity contribution in [1.82, 2.24) is 4.98 Å². The molecule has 2 rings (SSSR count). The van der Waals surface area contributed by atoms with Gasteiger partial charge >= 0.3 is 0 Å². The summed E-state index contributed by atoms with van der Waals surface area (Å²) in [7, 11) is 0. The highest BCUT2D eigenvalue weighted by atomic mass is 32.1. The fraction of sp³-hybridized carbons (Fsp3) is 0.308. The summed E-state index contributed by atoms with van der Waals surface area (Å²) in [6, 6.07) is 4.81. The number of anilines is 2. The molecule has 0 amide bonds. The van der Waals surface area contributed by atoms with Gasteiger partial charge in [0, 0.05) is 28.3 Å². The van der Waals surface area contributed by atoms with Crippen molar-refractivity contribution in [2.45, 2.75) is 26.3 Å². The van der Waals surface area contributed by atoms with E-state index >= 15 is 0 Å². The molecule has 3 N–H and O–H groups in total. The predicted molar refractivity (Wildman–Crippen MR) is 74.4 cm³/mol. The lowest BCUT2D eigenvalue weighted by Gasteiger charge is -2.14. The number of aromatic nitrogens is 1. The second kappa shape index (κ2) is 5.52. The Kier molecular flexibility index (Phi) is 3.99. The number of hydrogen-bond acceptors (Lipinski definition) is 4. The molecule has 102 valence electrons. The summed E-state index contributed by atoms with van der Waals surface area (Å²) in [4.78, 5) is 6.11. The summed E-state index contributed by atoms with van der Waals surface area (Å²) < 4.78 is 26.5. The Labute approximate surface area is 114 Å². The van der Waals surface area contributed by atoms with E-state index in [1.54, 1.807) is 11.3 Å². The van der Waals surface area contributed by atoms with Crippen molar-refractivity contribution < 1.29 is 8.78 Å². The molecule has 0 aliphatic carbocycles. The van der Waals surface area contributed by atoms with Gasteiger partial charge in [-0.05, 0) is 26.0 Å². The van der Waals surface area contributed by atoms with Crippen molar-refractivity contribution in [2.24, 2.45) is 0 Å². The fourth-order valence-corrected chi connectivity index (χ4v) is 2.78. The van der Waals surface area contributed by atoms with E-state index in [9.17, 15) is 8.78 Å². The van der Waals surface area contributed by atoms with Crippen LogP contribution in [0.1, 0.15) is 16.7 Å². The Balaban J connectivity index is 2.06. The Hall–Kier alpha value is -1.69. The monoisotopic (exact) mass is 283 g/mol. The molecule has 0 aliphatic heterocycles. The maximum absolute atomic E-state index is 13.5. The molecule has 0 aromatic carbocycles. The van der Waals surface area contributed by atoms with Gasteiger partial charge in [0.15, 0.2) is 23.3 Å². The molecular formula is C13H15F2N3S. The Bertz CT molecular complexity index is 583. The SMILES string of the molecule is Cc1ccc(CC(C)Nc2nc(N)c(F)cc2F)s1. The van der Waals surface area contributed by atoms with E-state index in [0.29, 0.717) is 0 Å². The highest BCUT2D eigenvalue weighted by Crippen LogP contribution is 2.20. The normalized spacial score (nSPS) is 12.4. The van der Waals surface area contributed by atoms with Crippen LogP contribution < -0.4 is 11.1 Å². The number of rotatable bonds is 4. The standard InChI is InChI=1S/C13H15F2N3S/c1-7(5-9-4-3-8(2)19-9)17-13-11(15)6-10(14)12(16)18-13/h3-4,6-7H,5H2,1-2H3,(H3,16,17,18). The lowest BCUT2D eigenvalue weighted by molar-refractivity contribution is 0.577. The third kappa shape index (κ3) is 3.41. The predicted octanol–water partition coefficient (Wildman–Crippen LogP) is 3.36. The third-order valence-corrected chi connectivity index (χ3v) is 3.67. The number of pyridine rings is 1. The van der Waals surface area contributed by atoms with E-state index in [1.165, 1.54) is 9.75 Å². The first kappa shape index (κ1) is 13.7. The lowest BCUT2D eigenvalue weighted by Crippen LogP contribution is -2.20. The topological polar surface area (TPSA) is 50.9 Å². The molecule has 0 saturated heterocycles. The molecule has 0 aliphatic rings. The van der Waals surface area contributed by atoms with Gasteiger partial charge in [0.1, 0.15) is 0 Å². The van der Waals surface area contributed by atoms with E-state index in [2.05, 4.69) is 10.3 Å². The zero-order valence-corrected chi connectivity index (χ0v) is 11.5. The molecule has 0 bridgehead atoms. The van der Waals surface area contributed by atoms with Gasteiger partial charge in [-0.2, -0.15) is 0 Å². The fourth-order valence-electron chi connectivity index (χ4n) is 1.76. The maximum atomic E-state index is 13.5. The first-order chi connectivity index (χ1) is 8.95. The second-order valence-electron chi connectivity index (χ2n) is 4.45. The molecule has 2 aromatic heterocycles. The Morgan fingerprint density at radius 2 is 2.11 bits per heavy atom. The number of thiophene rings is 1. The van der Waals surface area contributed by atoms with E-state index in [-0.39, 0.29) is 17.7 Å². The smallest absolute Gasteiger partial charge is 0.168 e. The average Bonchev–Trinajstić information content (AvgIpc) is 2.71.